The van der Waals surface area contributed by atoms with Crippen LogP contribution < -0.4 is 10.1 Å². The van der Waals surface area contributed by atoms with Gasteiger partial charge in [0.05, 0.1) is 0 Å². The Labute approximate surface area is 145 Å². The third-order valence-corrected chi connectivity index (χ3v) is 3.93. The Bertz CT molecular complexity index is 497. The van der Waals surface area contributed by atoms with E-state index in [2.05, 4.69) is 33.0 Å². The number of nitrogens with one attached hydrogen (secondary N) is 1. The highest BCUT2D eigenvalue weighted by Crippen LogP contribution is 2.25. The molecule has 0 saturated carbocycles. The number of hydrogen-bond donors (Lipinski definition) is 1. The largest absolute Gasteiger partial charge is 0.473 e. The van der Waals surface area contributed by atoms with Gasteiger partial charge < -0.3 is 15.0 Å². The molecule has 1 N–H and O–H groups in total. The summed E-state index contributed by atoms with van der Waals surface area (Å²) >= 11 is 6.14. The summed E-state index contributed by atoms with van der Waals surface area (Å²) in [5.74, 6) is 1.58. The molecule has 0 aromatic heterocycles. The summed E-state index contributed by atoms with van der Waals surface area (Å²) in [6, 6.07) is 3.66. The first-order valence-electron chi connectivity index (χ1n) is 8.13. The van der Waals surface area contributed by atoms with Gasteiger partial charge in [0.1, 0.15) is 5.75 Å². The molecule has 1 rings (SSSR count). The van der Waals surface area contributed by atoms with Crippen molar-refractivity contribution in [2.75, 3.05) is 19.8 Å². The second-order valence-electron chi connectivity index (χ2n) is 6.83. The quantitative estimate of drug-likeness (QED) is 0.736. The van der Waals surface area contributed by atoms with Crippen molar-refractivity contribution in [1.29, 1.82) is 0 Å². The van der Waals surface area contributed by atoms with Crippen molar-refractivity contribution < 1.29 is 9.53 Å². The summed E-state index contributed by atoms with van der Waals surface area (Å²) in [5.41, 5.74) is 1.93. The number of rotatable bonds is 7. The fourth-order valence-electron chi connectivity index (χ4n) is 2.40. The van der Waals surface area contributed by atoms with Gasteiger partial charge in [-0.1, -0.05) is 39.3 Å². The van der Waals surface area contributed by atoms with Gasteiger partial charge in [0, 0.05) is 18.1 Å². The third-order valence-electron chi connectivity index (χ3n) is 3.33. The Morgan fingerprint density at radius 2 is 1.61 bits per heavy atom. The summed E-state index contributed by atoms with van der Waals surface area (Å²) in [6.07, 6.45) is 0. The lowest BCUT2D eigenvalue weighted by molar-refractivity contribution is 0.171. The van der Waals surface area contributed by atoms with Crippen LogP contribution in [-0.2, 0) is 0 Å². The Hall–Kier alpha value is -1.42. The van der Waals surface area contributed by atoms with E-state index in [4.69, 9.17) is 16.3 Å². The molecule has 0 atom stereocenters. The molecule has 130 valence electrons. The predicted octanol–water partition coefficient (Wildman–Crippen LogP) is 4.62. The number of ether oxygens (including phenoxy) is 1. The second kappa shape index (κ2) is 9.02. The van der Waals surface area contributed by atoms with Crippen molar-refractivity contribution in [2.24, 2.45) is 11.8 Å². The fourth-order valence-corrected chi connectivity index (χ4v) is 2.51. The van der Waals surface area contributed by atoms with Crippen LogP contribution in [0.25, 0.3) is 0 Å². The highest BCUT2D eigenvalue weighted by Gasteiger charge is 2.16. The van der Waals surface area contributed by atoms with E-state index in [-0.39, 0.29) is 12.8 Å². The molecule has 5 heteroatoms. The first-order valence-corrected chi connectivity index (χ1v) is 8.50. The molecule has 0 aliphatic carbocycles. The molecule has 0 fully saturated rings. The number of carbonyl (C=O) groups excluding carboxylic acids is 1. The lowest BCUT2D eigenvalue weighted by atomic mass is 10.1. The SMILES string of the molecule is Cc1cc(OCNC(=O)N(CC(C)C)CC(C)C)cc(C)c1Cl. The maximum Gasteiger partial charge on any atom is 0.320 e. The zero-order chi connectivity index (χ0) is 17.6. The van der Waals surface area contributed by atoms with E-state index in [9.17, 15) is 4.79 Å². The van der Waals surface area contributed by atoms with Crippen LogP contribution in [0.4, 0.5) is 4.79 Å². The maximum atomic E-state index is 12.3. The topological polar surface area (TPSA) is 41.6 Å². The standard InChI is InChI=1S/C18H29ClN2O2/c1-12(2)9-21(10-13(3)4)18(22)20-11-23-16-7-14(5)17(19)15(6)8-16/h7-8,12-13H,9-11H2,1-6H3,(H,20,22). The van der Waals surface area contributed by atoms with E-state index >= 15 is 0 Å². The van der Waals surface area contributed by atoms with Gasteiger partial charge in [0.25, 0.3) is 0 Å². The van der Waals surface area contributed by atoms with Gasteiger partial charge in [-0.2, -0.15) is 0 Å². The van der Waals surface area contributed by atoms with Crippen LogP contribution in [0.15, 0.2) is 12.1 Å². The van der Waals surface area contributed by atoms with Gasteiger partial charge >= 0.3 is 6.03 Å². The molecule has 0 bridgehead atoms. The van der Waals surface area contributed by atoms with Gasteiger partial charge in [-0.3, -0.25) is 0 Å². The molecule has 2 amide bonds. The number of urea groups is 1. The lowest BCUT2D eigenvalue weighted by Gasteiger charge is -2.26. The zero-order valence-electron chi connectivity index (χ0n) is 15.1. The van der Waals surface area contributed by atoms with Gasteiger partial charge in [-0.15, -0.1) is 0 Å². The van der Waals surface area contributed by atoms with E-state index < -0.39 is 0 Å². The summed E-state index contributed by atoms with van der Waals surface area (Å²) in [6.45, 7) is 13.9. The normalized spacial score (nSPS) is 11.0. The Kier molecular flexibility index (Phi) is 7.69. The van der Waals surface area contributed by atoms with Crippen molar-refractivity contribution >= 4 is 17.6 Å². The number of aryl methyl sites for hydroxylation is 2. The van der Waals surface area contributed by atoms with Crippen LogP contribution in [-0.4, -0.2) is 30.8 Å². The molecule has 0 spiro atoms. The van der Waals surface area contributed by atoms with Crippen LogP contribution >= 0.6 is 11.6 Å². The monoisotopic (exact) mass is 340 g/mol. The number of carbonyl (C=O) groups is 1. The first-order chi connectivity index (χ1) is 10.7. The highest BCUT2D eigenvalue weighted by atomic mass is 35.5. The van der Waals surface area contributed by atoms with Crippen molar-refractivity contribution in [2.45, 2.75) is 41.5 Å². The molecule has 0 heterocycles. The minimum Gasteiger partial charge on any atom is -0.473 e. The smallest absolute Gasteiger partial charge is 0.320 e. The summed E-state index contributed by atoms with van der Waals surface area (Å²) in [7, 11) is 0. The average Bonchev–Trinajstić information content (AvgIpc) is 2.42. The van der Waals surface area contributed by atoms with Crippen LogP contribution in [0.3, 0.4) is 0 Å². The number of nitrogens with zero attached hydrogens (tertiary/aromatic N) is 1. The van der Waals surface area contributed by atoms with Crippen molar-refractivity contribution in [3.63, 3.8) is 0 Å². The van der Waals surface area contributed by atoms with Gasteiger partial charge in [0.15, 0.2) is 6.73 Å². The zero-order valence-corrected chi connectivity index (χ0v) is 15.8. The number of halogens is 1. The molecule has 1 aromatic rings. The van der Waals surface area contributed by atoms with Crippen molar-refractivity contribution in [3.05, 3.63) is 28.3 Å². The second-order valence-corrected chi connectivity index (χ2v) is 7.21. The maximum absolute atomic E-state index is 12.3. The third kappa shape index (κ3) is 6.69. The van der Waals surface area contributed by atoms with Crippen molar-refractivity contribution in [1.82, 2.24) is 10.2 Å². The van der Waals surface area contributed by atoms with E-state index in [1.165, 1.54) is 0 Å². The minimum atomic E-state index is -0.0881. The highest BCUT2D eigenvalue weighted by molar-refractivity contribution is 6.32. The summed E-state index contributed by atoms with van der Waals surface area (Å²) in [5, 5.41) is 3.58. The van der Waals surface area contributed by atoms with E-state index in [1.54, 1.807) is 0 Å². The number of hydrogen-bond acceptors (Lipinski definition) is 2. The fraction of sp³-hybridized carbons (Fsp3) is 0.611. The molecular weight excluding hydrogens is 312 g/mol. The van der Waals surface area contributed by atoms with E-state index in [1.807, 2.05) is 30.9 Å². The predicted molar refractivity (Wildman–Crippen MR) is 96.2 cm³/mol. The Balaban J connectivity index is 2.57. The van der Waals surface area contributed by atoms with Crippen LogP contribution in [0.1, 0.15) is 38.8 Å². The average molecular weight is 341 g/mol. The van der Waals surface area contributed by atoms with Crippen LogP contribution in [0, 0.1) is 25.7 Å². The van der Waals surface area contributed by atoms with Gasteiger partial charge in [0.2, 0.25) is 0 Å². The van der Waals surface area contributed by atoms with Crippen LogP contribution in [0.2, 0.25) is 5.02 Å². The lowest BCUT2D eigenvalue weighted by Crippen LogP contribution is -2.44. The van der Waals surface area contributed by atoms with Gasteiger partial charge in [-0.25, -0.2) is 4.79 Å². The molecule has 0 radical (unpaired) electrons. The van der Waals surface area contributed by atoms with E-state index in [0.29, 0.717) is 17.6 Å². The molecule has 0 aliphatic heterocycles. The minimum absolute atomic E-state index is 0.0881. The first kappa shape index (κ1) is 19.6. The Morgan fingerprint density at radius 1 is 1.13 bits per heavy atom. The molecular formula is C18H29ClN2O2. The number of amides is 2. The molecule has 1 aromatic carbocycles. The molecule has 4 nitrogen and oxygen atoms in total. The molecule has 0 saturated heterocycles. The van der Waals surface area contributed by atoms with Crippen molar-refractivity contribution in [3.8, 4) is 5.75 Å². The van der Waals surface area contributed by atoms with Gasteiger partial charge in [-0.05, 0) is 48.9 Å². The van der Waals surface area contributed by atoms with E-state index in [0.717, 1.165) is 29.2 Å². The molecule has 0 unspecified atom stereocenters. The number of benzene rings is 1. The molecule has 0 aliphatic rings. The summed E-state index contributed by atoms with van der Waals surface area (Å²) < 4.78 is 5.64. The molecule has 23 heavy (non-hydrogen) atoms. The van der Waals surface area contributed by atoms with Crippen LogP contribution in [0.5, 0.6) is 5.75 Å². The summed E-state index contributed by atoms with van der Waals surface area (Å²) in [4.78, 5) is 14.2. The Morgan fingerprint density at radius 3 is 2.04 bits per heavy atom.